The van der Waals surface area contributed by atoms with Crippen molar-refractivity contribution in [3.8, 4) is 0 Å². The van der Waals surface area contributed by atoms with Gasteiger partial charge in [0.25, 0.3) is 5.56 Å². The summed E-state index contributed by atoms with van der Waals surface area (Å²) in [6.07, 6.45) is 6.38. The molecule has 0 bridgehead atoms. The number of nitrogens with one attached hydrogen (secondary N) is 1. The maximum Gasteiger partial charge on any atom is 0.308 e. The number of rotatable bonds is 5. The molecule has 0 radical (unpaired) electrons. The standard InChI is InChI=1S/C13H19N3O3/c1-2-7-16-8-6-14-11(12(16)17)15-10-5-3-4-9(10)13(18)19/h6,8-10H,2-5,7H2,1H3,(H,14,15)(H,18,19). The van der Waals surface area contributed by atoms with Gasteiger partial charge >= 0.3 is 5.97 Å². The van der Waals surface area contributed by atoms with Crippen LogP contribution in [-0.4, -0.2) is 26.7 Å². The lowest BCUT2D eigenvalue weighted by Gasteiger charge is -2.18. The average molecular weight is 265 g/mol. The highest BCUT2D eigenvalue weighted by molar-refractivity contribution is 5.72. The summed E-state index contributed by atoms with van der Waals surface area (Å²) in [5.74, 6) is -0.977. The van der Waals surface area contributed by atoms with Crippen LogP contribution >= 0.6 is 0 Å². The molecule has 2 N–H and O–H groups in total. The molecule has 1 aliphatic rings. The van der Waals surface area contributed by atoms with Crippen molar-refractivity contribution in [1.29, 1.82) is 0 Å². The highest BCUT2D eigenvalue weighted by atomic mass is 16.4. The Bertz CT molecular complexity index is 512. The predicted molar refractivity (Wildman–Crippen MR) is 71.2 cm³/mol. The topological polar surface area (TPSA) is 84.2 Å². The number of carbonyl (C=O) groups is 1. The zero-order valence-electron chi connectivity index (χ0n) is 11.0. The molecule has 6 nitrogen and oxygen atoms in total. The van der Waals surface area contributed by atoms with Gasteiger partial charge in [0.2, 0.25) is 0 Å². The van der Waals surface area contributed by atoms with Crippen molar-refractivity contribution in [3.63, 3.8) is 0 Å². The summed E-state index contributed by atoms with van der Waals surface area (Å²) in [5, 5.41) is 12.1. The van der Waals surface area contributed by atoms with E-state index in [1.54, 1.807) is 17.0 Å². The second kappa shape index (κ2) is 5.86. The number of anilines is 1. The van der Waals surface area contributed by atoms with Gasteiger partial charge in [-0.15, -0.1) is 0 Å². The van der Waals surface area contributed by atoms with Crippen molar-refractivity contribution in [2.24, 2.45) is 5.92 Å². The van der Waals surface area contributed by atoms with Gasteiger partial charge in [-0.05, 0) is 19.3 Å². The Morgan fingerprint density at radius 2 is 2.37 bits per heavy atom. The Kier molecular flexibility index (Phi) is 4.19. The first-order valence-corrected chi connectivity index (χ1v) is 6.68. The lowest BCUT2D eigenvalue weighted by Crippen LogP contribution is -2.34. The van der Waals surface area contributed by atoms with Crippen LogP contribution in [0, 0.1) is 5.92 Å². The van der Waals surface area contributed by atoms with E-state index in [0.717, 1.165) is 19.3 Å². The Hall–Kier alpha value is -1.85. The molecule has 2 unspecified atom stereocenters. The van der Waals surface area contributed by atoms with Crippen LogP contribution in [0.2, 0.25) is 0 Å². The van der Waals surface area contributed by atoms with E-state index in [-0.39, 0.29) is 17.4 Å². The van der Waals surface area contributed by atoms with Crippen LogP contribution in [0.1, 0.15) is 32.6 Å². The van der Waals surface area contributed by atoms with Crippen LogP contribution < -0.4 is 10.9 Å². The summed E-state index contributed by atoms with van der Waals surface area (Å²) in [6.45, 7) is 2.64. The molecule has 1 saturated carbocycles. The molecule has 0 spiro atoms. The Balaban J connectivity index is 2.17. The van der Waals surface area contributed by atoms with E-state index >= 15 is 0 Å². The fraction of sp³-hybridized carbons (Fsp3) is 0.615. The van der Waals surface area contributed by atoms with Crippen molar-refractivity contribution in [1.82, 2.24) is 9.55 Å². The van der Waals surface area contributed by atoms with Crippen molar-refractivity contribution in [2.75, 3.05) is 5.32 Å². The van der Waals surface area contributed by atoms with Crippen LogP contribution in [-0.2, 0) is 11.3 Å². The molecule has 1 fully saturated rings. The number of aromatic nitrogens is 2. The number of hydrogen-bond donors (Lipinski definition) is 2. The van der Waals surface area contributed by atoms with Gasteiger partial charge in [0, 0.05) is 25.0 Å². The second-order valence-corrected chi connectivity index (χ2v) is 4.90. The molecule has 6 heteroatoms. The normalized spacial score (nSPS) is 22.4. The average Bonchev–Trinajstić information content (AvgIpc) is 2.83. The van der Waals surface area contributed by atoms with Crippen molar-refractivity contribution < 1.29 is 9.90 Å². The molecule has 0 amide bonds. The van der Waals surface area contributed by atoms with Crippen LogP contribution in [0.15, 0.2) is 17.2 Å². The molecule has 1 aromatic rings. The molecule has 2 atom stereocenters. The zero-order chi connectivity index (χ0) is 13.8. The van der Waals surface area contributed by atoms with Gasteiger partial charge < -0.3 is 15.0 Å². The van der Waals surface area contributed by atoms with Crippen molar-refractivity contribution >= 4 is 11.8 Å². The summed E-state index contributed by atoms with van der Waals surface area (Å²) in [7, 11) is 0. The SMILES string of the molecule is CCCn1ccnc(NC2CCCC2C(=O)O)c1=O. The molecule has 0 aliphatic heterocycles. The molecular formula is C13H19N3O3. The molecule has 1 aliphatic carbocycles. The summed E-state index contributed by atoms with van der Waals surface area (Å²) >= 11 is 0. The molecular weight excluding hydrogens is 246 g/mol. The summed E-state index contributed by atoms with van der Waals surface area (Å²) in [5.41, 5.74) is -0.180. The molecule has 0 aromatic carbocycles. The monoisotopic (exact) mass is 265 g/mol. The van der Waals surface area contributed by atoms with Crippen LogP contribution in [0.4, 0.5) is 5.82 Å². The molecule has 1 aromatic heterocycles. The van der Waals surface area contributed by atoms with E-state index < -0.39 is 11.9 Å². The minimum atomic E-state index is -0.806. The van der Waals surface area contributed by atoms with Gasteiger partial charge in [-0.25, -0.2) is 4.98 Å². The Morgan fingerprint density at radius 1 is 1.58 bits per heavy atom. The zero-order valence-corrected chi connectivity index (χ0v) is 11.0. The van der Waals surface area contributed by atoms with Gasteiger partial charge in [0.05, 0.1) is 5.92 Å². The first-order chi connectivity index (χ1) is 9.13. The second-order valence-electron chi connectivity index (χ2n) is 4.90. The van der Waals surface area contributed by atoms with Gasteiger partial charge in [0.15, 0.2) is 5.82 Å². The number of aliphatic carboxylic acids is 1. The lowest BCUT2D eigenvalue weighted by atomic mass is 10.0. The van der Waals surface area contributed by atoms with Gasteiger partial charge in [-0.3, -0.25) is 9.59 Å². The molecule has 19 heavy (non-hydrogen) atoms. The quantitative estimate of drug-likeness (QED) is 0.838. The first kappa shape index (κ1) is 13.6. The third-order valence-corrected chi connectivity index (χ3v) is 3.53. The predicted octanol–water partition coefficient (Wildman–Crippen LogP) is 1.32. The third-order valence-electron chi connectivity index (χ3n) is 3.53. The van der Waals surface area contributed by atoms with Gasteiger partial charge in [0.1, 0.15) is 0 Å². The smallest absolute Gasteiger partial charge is 0.308 e. The maximum absolute atomic E-state index is 12.1. The van der Waals surface area contributed by atoms with Crippen molar-refractivity contribution in [2.45, 2.75) is 45.2 Å². The number of nitrogens with zero attached hydrogens (tertiary/aromatic N) is 2. The van der Waals surface area contributed by atoms with E-state index in [0.29, 0.717) is 13.0 Å². The fourth-order valence-corrected chi connectivity index (χ4v) is 2.57. The summed E-state index contributed by atoms with van der Waals surface area (Å²) in [6, 6.07) is -0.199. The van der Waals surface area contributed by atoms with Crippen LogP contribution in [0.3, 0.4) is 0 Å². The first-order valence-electron chi connectivity index (χ1n) is 6.68. The van der Waals surface area contributed by atoms with E-state index in [1.165, 1.54) is 0 Å². The van der Waals surface area contributed by atoms with Crippen LogP contribution in [0.5, 0.6) is 0 Å². The largest absolute Gasteiger partial charge is 0.481 e. The third kappa shape index (κ3) is 2.94. The van der Waals surface area contributed by atoms with E-state index in [4.69, 9.17) is 5.11 Å². The van der Waals surface area contributed by atoms with E-state index in [1.807, 2.05) is 6.92 Å². The van der Waals surface area contributed by atoms with Gasteiger partial charge in [-0.2, -0.15) is 0 Å². The summed E-state index contributed by atoms with van der Waals surface area (Å²) in [4.78, 5) is 27.3. The number of hydrogen-bond acceptors (Lipinski definition) is 4. The molecule has 0 saturated heterocycles. The molecule has 104 valence electrons. The summed E-state index contributed by atoms with van der Waals surface area (Å²) < 4.78 is 1.60. The number of carboxylic acids is 1. The van der Waals surface area contributed by atoms with Crippen LogP contribution in [0.25, 0.3) is 0 Å². The number of carboxylic acid groups (broad SMARTS) is 1. The van der Waals surface area contributed by atoms with Crippen molar-refractivity contribution in [3.05, 3.63) is 22.7 Å². The lowest BCUT2D eigenvalue weighted by molar-refractivity contribution is -0.141. The number of aryl methyl sites for hydroxylation is 1. The van der Waals surface area contributed by atoms with Gasteiger partial charge in [-0.1, -0.05) is 13.3 Å². The molecule has 2 rings (SSSR count). The van der Waals surface area contributed by atoms with E-state index in [9.17, 15) is 9.59 Å². The fourth-order valence-electron chi connectivity index (χ4n) is 2.57. The maximum atomic E-state index is 12.1. The Morgan fingerprint density at radius 3 is 3.05 bits per heavy atom. The highest BCUT2D eigenvalue weighted by Gasteiger charge is 2.33. The highest BCUT2D eigenvalue weighted by Crippen LogP contribution is 2.27. The minimum absolute atomic E-state index is 0.180. The minimum Gasteiger partial charge on any atom is -0.481 e. The van der Waals surface area contributed by atoms with E-state index in [2.05, 4.69) is 10.3 Å². The molecule has 1 heterocycles. The Labute approximate surface area is 111 Å².